The maximum Gasteiger partial charge on any atom is 0.404 e. The molecule has 0 bridgehead atoms. The lowest BCUT2D eigenvalue weighted by molar-refractivity contribution is 0.194. The Hall–Kier alpha value is -1.08. The number of aryl methyl sites for hydroxylation is 1. The zero-order chi connectivity index (χ0) is 14.5. The zero-order valence-corrected chi connectivity index (χ0v) is 13.3. The van der Waals surface area contributed by atoms with Crippen molar-refractivity contribution < 1.29 is 14.1 Å². The van der Waals surface area contributed by atoms with Crippen LogP contribution in [0.4, 0.5) is 4.79 Å². The van der Waals surface area contributed by atoms with Crippen molar-refractivity contribution in [2.45, 2.75) is 18.2 Å². The standard InChI is InChI=1S/C12H17BrN2O3S/c1-9-8-10(13)4-5-11(9)19(2,18)15-7-3-6-14-12(16)17/h4-5,8,14H,3,6-7H2,1-2H3,(H,16,17). The third-order valence-electron chi connectivity index (χ3n) is 2.49. The summed E-state index contributed by atoms with van der Waals surface area (Å²) < 4.78 is 17.6. The summed E-state index contributed by atoms with van der Waals surface area (Å²) in [5, 5.41) is 10.7. The molecule has 1 rings (SSSR count). The van der Waals surface area contributed by atoms with Crippen LogP contribution in [0.1, 0.15) is 12.0 Å². The van der Waals surface area contributed by atoms with Crippen LogP contribution in [0.25, 0.3) is 0 Å². The first-order valence-corrected chi connectivity index (χ1v) is 8.45. The molecule has 1 atom stereocenters. The molecule has 0 aliphatic rings. The summed E-state index contributed by atoms with van der Waals surface area (Å²) in [4.78, 5) is 11.0. The van der Waals surface area contributed by atoms with E-state index < -0.39 is 15.8 Å². The van der Waals surface area contributed by atoms with E-state index in [1.54, 1.807) is 12.3 Å². The van der Waals surface area contributed by atoms with Crippen molar-refractivity contribution in [3.8, 4) is 0 Å². The molecule has 0 fully saturated rings. The third-order valence-corrected chi connectivity index (χ3v) is 4.94. The number of hydrogen-bond donors (Lipinski definition) is 2. The highest BCUT2D eigenvalue weighted by Gasteiger charge is 2.09. The summed E-state index contributed by atoms with van der Waals surface area (Å²) in [7, 11) is -2.43. The fourth-order valence-electron chi connectivity index (χ4n) is 1.62. The molecule has 1 unspecified atom stereocenters. The molecule has 1 amide bonds. The topological polar surface area (TPSA) is 78.8 Å². The van der Waals surface area contributed by atoms with Gasteiger partial charge < -0.3 is 10.4 Å². The fourth-order valence-corrected chi connectivity index (χ4v) is 3.69. The number of amides is 1. The summed E-state index contributed by atoms with van der Waals surface area (Å²) in [5.74, 6) is 0. The zero-order valence-electron chi connectivity index (χ0n) is 10.9. The van der Waals surface area contributed by atoms with Gasteiger partial charge in [-0.2, -0.15) is 0 Å². The quantitative estimate of drug-likeness (QED) is 0.803. The Kier molecular flexibility index (Phi) is 5.81. The van der Waals surface area contributed by atoms with E-state index in [1.165, 1.54) is 0 Å². The molecule has 106 valence electrons. The molecule has 5 nitrogen and oxygen atoms in total. The van der Waals surface area contributed by atoms with Crippen molar-refractivity contribution in [1.82, 2.24) is 5.32 Å². The largest absolute Gasteiger partial charge is 0.465 e. The fraction of sp³-hybridized carbons (Fsp3) is 0.417. The predicted octanol–water partition coefficient (Wildman–Crippen LogP) is 2.87. The lowest BCUT2D eigenvalue weighted by Gasteiger charge is -2.08. The highest BCUT2D eigenvalue weighted by Crippen LogP contribution is 2.21. The van der Waals surface area contributed by atoms with Crippen LogP contribution in [-0.4, -0.2) is 34.8 Å². The minimum Gasteiger partial charge on any atom is -0.465 e. The van der Waals surface area contributed by atoms with Crippen LogP contribution in [-0.2, 0) is 9.73 Å². The molecule has 0 aromatic heterocycles. The van der Waals surface area contributed by atoms with Gasteiger partial charge in [0, 0.05) is 17.3 Å². The Morgan fingerprint density at radius 3 is 2.79 bits per heavy atom. The van der Waals surface area contributed by atoms with Gasteiger partial charge in [-0.15, -0.1) is 0 Å². The van der Waals surface area contributed by atoms with Gasteiger partial charge in [0.25, 0.3) is 0 Å². The van der Waals surface area contributed by atoms with Crippen LogP contribution < -0.4 is 5.32 Å². The number of rotatable bonds is 5. The first-order chi connectivity index (χ1) is 8.83. The molecular formula is C12H17BrN2O3S. The highest BCUT2D eigenvalue weighted by atomic mass is 79.9. The minimum atomic E-state index is -2.43. The SMILES string of the molecule is Cc1cc(Br)ccc1S(C)(=O)=NCCCNC(=O)O. The van der Waals surface area contributed by atoms with E-state index in [2.05, 4.69) is 25.6 Å². The van der Waals surface area contributed by atoms with E-state index in [0.717, 1.165) is 14.9 Å². The monoisotopic (exact) mass is 348 g/mol. The number of carboxylic acid groups (broad SMARTS) is 1. The molecule has 1 aromatic rings. The molecular weight excluding hydrogens is 332 g/mol. The number of hydrogen-bond acceptors (Lipinski definition) is 3. The Morgan fingerprint density at radius 1 is 1.53 bits per heavy atom. The first kappa shape index (κ1) is 16.0. The van der Waals surface area contributed by atoms with Crippen molar-refractivity contribution in [1.29, 1.82) is 0 Å². The van der Waals surface area contributed by atoms with Crippen molar-refractivity contribution >= 4 is 31.8 Å². The number of halogens is 1. The van der Waals surface area contributed by atoms with Crippen LogP contribution in [0, 0.1) is 6.92 Å². The molecule has 0 radical (unpaired) electrons. The van der Waals surface area contributed by atoms with Crippen molar-refractivity contribution in [2.24, 2.45) is 4.36 Å². The smallest absolute Gasteiger partial charge is 0.404 e. The first-order valence-electron chi connectivity index (χ1n) is 5.74. The molecule has 0 heterocycles. The molecule has 2 N–H and O–H groups in total. The van der Waals surface area contributed by atoms with Gasteiger partial charge in [0.05, 0.1) is 21.2 Å². The van der Waals surface area contributed by atoms with Crippen LogP contribution in [0.15, 0.2) is 31.9 Å². The summed E-state index contributed by atoms with van der Waals surface area (Å²) in [6.07, 6.45) is 1.08. The lowest BCUT2D eigenvalue weighted by Crippen LogP contribution is -2.22. The third kappa shape index (κ3) is 5.20. The molecule has 0 saturated carbocycles. The summed E-state index contributed by atoms with van der Waals surface area (Å²) in [6, 6.07) is 5.55. The number of nitrogens with zero attached hydrogens (tertiary/aromatic N) is 1. The van der Waals surface area contributed by atoms with Gasteiger partial charge in [-0.25, -0.2) is 13.4 Å². The Balaban J connectivity index is 2.74. The van der Waals surface area contributed by atoms with Gasteiger partial charge in [0.2, 0.25) is 0 Å². The van der Waals surface area contributed by atoms with Crippen molar-refractivity contribution in [2.75, 3.05) is 19.3 Å². The van der Waals surface area contributed by atoms with Crippen LogP contribution >= 0.6 is 15.9 Å². The molecule has 1 aromatic carbocycles. The second-order valence-corrected chi connectivity index (χ2v) is 7.37. The van der Waals surface area contributed by atoms with Gasteiger partial charge in [-0.05, 0) is 37.1 Å². The van der Waals surface area contributed by atoms with E-state index >= 15 is 0 Å². The normalized spacial score (nSPS) is 13.6. The van der Waals surface area contributed by atoms with E-state index in [4.69, 9.17) is 5.11 Å². The molecule has 19 heavy (non-hydrogen) atoms. The molecule has 0 saturated heterocycles. The predicted molar refractivity (Wildman–Crippen MR) is 79.2 cm³/mol. The Bertz CT molecular complexity index is 580. The summed E-state index contributed by atoms with van der Waals surface area (Å²) in [5.41, 5.74) is 0.925. The van der Waals surface area contributed by atoms with E-state index in [0.29, 0.717) is 19.5 Å². The maximum atomic E-state index is 12.5. The number of benzene rings is 1. The maximum absolute atomic E-state index is 12.5. The van der Waals surface area contributed by atoms with Crippen LogP contribution in [0.3, 0.4) is 0 Å². The van der Waals surface area contributed by atoms with E-state index in [9.17, 15) is 9.00 Å². The van der Waals surface area contributed by atoms with Crippen LogP contribution in [0.2, 0.25) is 0 Å². The minimum absolute atomic E-state index is 0.313. The molecule has 0 spiro atoms. The van der Waals surface area contributed by atoms with E-state index in [1.807, 2.05) is 19.1 Å². The second kappa shape index (κ2) is 6.91. The van der Waals surface area contributed by atoms with Crippen LogP contribution in [0.5, 0.6) is 0 Å². The van der Waals surface area contributed by atoms with Gasteiger partial charge in [0.1, 0.15) is 0 Å². The molecule has 7 heteroatoms. The summed E-state index contributed by atoms with van der Waals surface area (Å²) >= 11 is 3.36. The van der Waals surface area contributed by atoms with Gasteiger partial charge in [-0.3, -0.25) is 0 Å². The van der Waals surface area contributed by atoms with Gasteiger partial charge in [0.15, 0.2) is 0 Å². The average Bonchev–Trinajstić information content (AvgIpc) is 2.27. The van der Waals surface area contributed by atoms with Crippen molar-refractivity contribution in [3.05, 3.63) is 28.2 Å². The summed E-state index contributed by atoms with van der Waals surface area (Å²) in [6.45, 7) is 2.57. The number of carbonyl (C=O) groups is 1. The van der Waals surface area contributed by atoms with Crippen molar-refractivity contribution in [3.63, 3.8) is 0 Å². The molecule has 0 aliphatic carbocycles. The van der Waals surface area contributed by atoms with E-state index in [-0.39, 0.29) is 0 Å². The second-order valence-electron chi connectivity index (χ2n) is 4.15. The Morgan fingerprint density at radius 2 is 2.21 bits per heavy atom. The molecule has 0 aliphatic heterocycles. The average molecular weight is 349 g/mol. The highest BCUT2D eigenvalue weighted by molar-refractivity contribution is 9.10. The Labute approximate surface area is 121 Å². The van der Waals surface area contributed by atoms with Gasteiger partial charge >= 0.3 is 6.09 Å². The lowest BCUT2D eigenvalue weighted by atomic mass is 10.2. The number of nitrogens with one attached hydrogen (secondary N) is 1. The van der Waals surface area contributed by atoms with Gasteiger partial charge in [-0.1, -0.05) is 15.9 Å².